The summed E-state index contributed by atoms with van der Waals surface area (Å²) < 4.78 is 11.9. The van der Waals surface area contributed by atoms with Crippen molar-refractivity contribution in [2.24, 2.45) is 0 Å². The predicted molar refractivity (Wildman–Crippen MR) is 111 cm³/mol. The fraction of sp³-hybridized carbons (Fsp3) is 0.111. The Bertz CT molecular complexity index is 962. The lowest BCUT2D eigenvalue weighted by molar-refractivity contribution is -0.129. The fourth-order valence-corrected chi connectivity index (χ4v) is 5.37. The van der Waals surface area contributed by atoms with Crippen LogP contribution >= 0.6 is 54.5 Å². The third-order valence-corrected chi connectivity index (χ3v) is 6.95. The molecule has 0 aliphatic heterocycles. The van der Waals surface area contributed by atoms with Gasteiger partial charge in [0.05, 0.1) is 20.2 Å². The van der Waals surface area contributed by atoms with Crippen molar-refractivity contribution in [3.05, 3.63) is 55.1 Å². The van der Waals surface area contributed by atoms with Crippen molar-refractivity contribution in [1.29, 1.82) is 0 Å². The van der Waals surface area contributed by atoms with Crippen molar-refractivity contribution < 1.29 is 19.1 Å². The molecule has 26 heavy (non-hydrogen) atoms. The van der Waals surface area contributed by atoms with E-state index >= 15 is 0 Å². The highest BCUT2D eigenvalue weighted by Gasteiger charge is 2.20. The summed E-state index contributed by atoms with van der Waals surface area (Å²) in [6.45, 7) is 0.541. The second-order valence-electron chi connectivity index (χ2n) is 5.16. The van der Waals surface area contributed by atoms with E-state index in [0.29, 0.717) is 12.0 Å². The third-order valence-electron chi connectivity index (χ3n) is 3.63. The topological polar surface area (TPSA) is 52.6 Å². The van der Waals surface area contributed by atoms with E-state index in [2.05, 4.69) is 31.9 Å². The Balaban J connectivity index is 2.23. The number of hydrogen-bond donors (Lipinski definition) is 0. The van der Waals surface area contributed by atoms with E-state index in [1.54, 1.807) is 6.07 Å². The highest BCUT2D eigenvalue weighted by Crippen LogP contribution is 2.40. The molecule has 3 rings (SSSR count). The van der Waals surface area contributed by atoms with Crippen LogP contribution in [0.3, 0.4) is 0 Å². The number of rotatable bonds is 6. The van der Waals surface area contributed by atoms with E-state index in [1.807, 2.05) is 30.3 Å². The zero-order chi connectivity index (χ0) is 18.7. The first-order valence-electron chi connectivity index (χ1n) is 7.35. The lowest BCUT2D eigenvalue weighted by atomic mass is 9.96. The van der Waals surface area contributed by atoms with Gasteiger partial charge in [0.1, 0.15) is 6.61 Å². The maximum Gasteiger partial charge on any atom is 0.338 e. The number of thiophene rings is 2. The Kier molecular flexibility index (Phi) is 6.29. The largest absolute Gasteiger partial charge is 0.465 e. The Labute approximate surface area is 175 Å². The highest BCUT2D eigenvalue weighted by atomic mass is 79.9. The molecule has 8 heteroatoms. The molecule has 1 aromatic carbocycles. The molecule has 0 aliphatic carbocycles. The average Bonchev–Trinajstić information content (AvgIpc) is 3.27. The fourth-order valence-electron chi connectivity index (χ4n) is 2.52. The molecule has 0 saturated heterocycles. The van der Waals surface area contributed by atoms with Crippen LogP contribution in [0.5, 0.6) is 0 Å². The van der Waals surface area contributed by atoms with E-state index in [4.69, 9.17) is 9.47 Å². The molecule has 3 aromatic rings. The van der Waals surface area contributed by atoms with Crippen molar-refractivity contribution in [3.63, 3.8) is 0 Å². The summed E-state index contributed by atoms with van der Waals surface area (Å²) in [5.41, 5.74) is 2.87. The molecule has 0 fully saturated rings. The van der Waals surface area contributed by atoms with Gasteiger partial charge in [-0.25, -0.2) is 4.79 Å². The van der Waals surface area contributed by atoms with Gasteiger partial charge in [0.2, 0.25) is 0 Å². The lowest BCUT2D eigenvalue weighted by Crippen LogP contribution is -2.06. The summed E-state index contributed by atoms with van der Waals surface area (Å²) >= 11 is 9.96. The number of benzene rings is 1. The third kappa shape index (κ3) is 4.09. The van der Waals surface area contributed by atoms with Crippen molar-refractivity contribution in [3.8, 4) is 20.9 Å². The molecular weight excluding hydrogens is 504 g/mol. The summed E-state index contributed by atoms with van der Waals surface area (Å²) in [6.07, 6.45) is 0. The molecule has 0 atom stereocenters. The molecule has 2 aromatic heterocycles. The quantitative estimate of drug-likeness (QED) is 0.293. The van der Waals surface area contributed by atoms with Gasteiger partial charge in [0, 0.05) is 15.3 Å². The van der Waals surface area contributed by atoms with Gasteiger partial charge in [0.25, 0.3) is 6.47 Å². The van der Waals surface area contributed by atoms with E-state index in [1.165, 1.54) is 29.8 Å². The lowest BCUT2D eigenvalue weighted by Gasteiger charge is -2.14. The van der Waals surface area contributed by atoms with E-state index < -0.39 is 5.97 Å². The predicted octanol–water partition coefficient (Wildman–Crippen LogP) is 6.13. The molecule has 0 saturated carbocycles. The van der Waals surface area contributed by atoms with Crippen LogP contribution in [0.15, 0.2) is 44.0 Å². The van der Waals surface area contributed by atoms with Crippen LogP contribution in [0, 0.1) is 0 Å². The minimum atomic E-state index is -0.413. The van der Waals surface area contributed by atoms with Gasteiger partial charge in [-0.2, -0.15) is 0 Å². The smallest absolute Gasteiger partial charge is 0.338 e. The van der Waals surface area contributed by atoms with Gasteiger partial charge < -0.3 is 9.47 Å². The van der Waals surface area contributed by atoms with Gasteiger partial charge in [-0.05, 0) is 79.4 Å². The van der Waals surface area contributed by atoms with Crippen molar-refractivity contribution >= 4 is 67.0 Å². The van der Waals surface area contributed by atoms with Crippen molar-refractivity contribution in [2.75, 3.05) is 7.11 Å². The number of carbonyl (C=O) groups excluding carboxylic acids is 2. The molecule has 134 valence electrons. The first-order chi connectivity index (χ1) is 12.5. The first-order valence-corrected chi connectivity index (χ1v) is 10.6. The number of ether oxygens (including phenoxy) is 2. The van der Waals surface area contributed by atoms with Crippen LogP contribution in [0.2, 0.25) is 0 Å². The zero-order valence-electron chi connectivity index (χ0n) is 13.5. The molecule has 0 N–H and O–H groups in total. The maximum absolute atomic E-state index is 12.4. The Morgan fingerprint density at radius 3 is 2.15 bits per heavy atom. The van der Waals surface area contributed by atoms with E-state index in [-0.39, 0.29) is 6.61 Å². The molecule has 4 nitrogen and oxygen atoms in total. The van der Waals surface area contributed by atoms with Gasteiger partial charge in [-0.15, -0.1) is 22.7 Å². The van der Waals surface area contributed by atoms with Crippen molar-refractivity contribution in [2.45, 2.75) is 6.61 Å². The molecule has 0 unspecified atom stereocenters. The minimum absolute atomic E-state index is 0.120. The van der Waals surface area contributed by atoms with Gasteiger partial charge in [-0.1, -0.05) is 0 Å². The monoisotopic (exact) mass is 514 g/mol. The number of methoxy groups -OCH3 is 1. The molecule has 0 radical (unpaired) electrons. The molecular formula is C18H12Br2O4S2. The second-order valence-corrected chi connectivity index (χ2v) is 10.1. The van der Waals surface area contributed by atoms with Gasteiger partial charge in [-0.3, -0.25) is 4.79 Å². The van der Waals surface area contributed by atoms with Crippen LogP contribution in [0.4, 0.5) is 0 Å². The van der Waals surface area contributed by atoms with Crippen LogP contribution in [-0.4, -0.2) is 19.6 Å². The normalized spacial score (nSPS) is 10.6. The summed E-state index contributed by atoms with van der Waals surface area (Å²) in [6, 6.07) is 11.4. The summed E-state index contributed by atoms with van der Waals surface area (Å²) in [7, 11) is 1.36. The average molecular weight is 516 g/mol. The summed E-state index contributed by atoms with van der Waals surface area (Å²) in [5.74, 6) is -0.413. The SMILES string of the molecule is COC(=O)c1cc(-c2ccc(Br)s2)c(COC=O)cc1-c1ccc(Br)s1. The molecule has 0 spiro atoms. The van der Waals surface area contributed by atoms with Gasteiger partial charge >= 0.3 is 5.97 Å². The summed E-state index contributed by atoms with van der Waals surface area (Å²) in [5, 5.41) is 0. The number of hydrogen-bond acceptors (Lipinski definition) is 6. The van der Waals surface area contributed by atoms with Crippen LogP contribution in [-0.2, 0) is 20.9 Å². The van der Waals surface area contributed by atoms with Crippen LogP contribution in [0.25, 0.3) is 20.9 Å². The number of esters is 1. The summed E-state index contributed by atoms with van der Waals surface area (Å²) in [4.78, 5) is 25.0. The van der Waals surface area contributed by atoms with Crippen molar-refractivity contribution in [1.82, 2.24) is 0 Å². The van der Waals surface area contributed by atoms with E-state index in [0.717, 1.165) is 34.0 Å². The Morgan fingerprint density at radius 2 is 1.65 bits per heavy atom. The van der Waals surface area contributed by atoms with E-state index in [9.17, 15) is 9.59 Å². The molecule has 0 amide bonds. The minimum Gasteiger partial charge on any atom is -0.465 e. The standard InChI is InChI=1S/C18H12Br2O4S2/c1-23-18(22)13-7-11(14-2-4-16(19)25-14)10(8-24-9-21)6-12(13)15-3-5-17(20)26-15/h2-7,9H,8H2,1H3. The maximum atomic E-state index is 12.4. The highest BCUT2D eigenvalue weighted by molar-refractivity contribution is 9.11. The Hall–Kier alpha value is -1.48. The number of halogens is 2. The first kappa shape index (κ1) is 19.3. The second kappa shape index (κ2) is 8.47. The molecule has 0 bridgehead atoms. The molecule has 0 aliphatic rings. The Morgan fingerprint density at radius 1 is 1.04 bits per heavy atom. The van der Waals surface area contributed by atoms with Gasteiger partial charge in [0.15, 0.2) is 0 Å². The molecule has 2 heterocycles. The van der Waals surface area contributed by atoms with Crippen LogP contribution < -0.4 is 0 Å². The zero-order valence-corrected chi connectivity index (χ0v) is 18.3. The van der Waals surface area contributed by atoms with Crippen LogP contribution in [0.1, 0.15) is 15.9 Å². The number of carbonyl (C=O) groups is 2.